The van der Waals surface area contributed by atoms with Crippen LogP contribution in [-0.2, 0) is 10.1 Å². The molecule has 0 fully saturated rings. The van der Waals surface area contributed by atoms with Crippen LogP contribution in [0.25, 0.3) is 0 Å². The van der Waals surface area contributed by atoms with E-state index in [1.54, 1.807) is 12.1 Å². The molecule has 1 aromatic rings. The molecule has 0 unspecified atom stereocenters. The quantitative estimate of drug-likeness (QED) is 0.474. The van der Waals surface area contributed by atoms with Crippen molar-refractivity contribution in [1.29, 1.82) is 0 Å². The van der Waals surface area contributed by atoms with Crippen molar-refractivity contribution in [3.05, 3.63) is 29.8 Å². The van der Waals surface area contributed by atoms with Gasteiger partial charge in [0.15, 0.2) is 0 Å². The maximum atomic E-state index is 10.5. The molecule has 0 heterocycles. The van der Waals surface area contributed by atoms with Gasteiger partial charge in [-0.05, 0) is 19.1 Å². The first-order valence-electron chi connectivity index (χ1n) is 3.04. The average Bonchev–Trinajstić information content (AvgIpc) is 1.86. The van der Waals surface area contributed by atoms with E-state index in [4.69, 9.17) is 4.55 Å². The van der Waals surface area contributed by atoms with Crippen LogP contribution in [0.5, 0.6) is 0 Å². The third-order valence-electron chi connectivity index (χ3n) is 1.32. The summed E-state index contributed by atoms with van der Waals surface area (Å²) in [4.78, 5) is -0.0666. The van der Waals surface area contributed by atoms with Crippen LogP contribution in [0.2, 0.25) is 0 Å². The molecule has 0 aromatic heterocycles. The minimum atomic E-state index is -4.02. The molecule has 0 spiro atoms. The van der Waals surface area contributed by atoms with Crippen LogP contribution in [-0.4, -0.2) is 36.9 Å². The molecule has 6 heteroatoms. The maximum Gasteiger partial charge on any atom is 4.00 e. The maximum absolute atomic E-state index is 10.5. The Kier molecular flexibility index (Phi) is 7.05. The molecule has 13 heavy (non-hydrogen) atoms. The van der Waals surface area contributed by atoms with Crippen LogP contribution in [0.3, 0.4) is 0 Å². The van der Waals surface area contributed by atoms with Crippen LogP contribution in [0.15, 0.2) is 29.2 Å². The fourth-order valence-electron chi connectivity index (χ4n) is 0.710. The van der Waals surface area contributed by atoms with Crippen LogP contribution >= 0.6 is 0 Å². The Labute approximate surface area is 101 Å². The molecule has 0 amide bonds. The number of hydrogen-bond acceptors (Lipinski definition) is 2. The fourth-order valence-corrected chi connectivity index (χ4v) is 1.19. The predicted octanol–water partition coefficient (Wildman–Crippen LogP) is -2.14. The normalized spacial score (nSPS) is 9.69. The van der Waals surface area contributed by atoms with E-state index in [2.05, 4.69) is 0 Å². The topological polar surface area (TPSA) is 54.4 Å². The largest absolute Gasteiger partial charge is 4.00 e. The zero-order chi connectivity index (χ0) is 8.48. The van der Waals surface area contributed by atoms with Crippen molar-refractivity contribution in [1.82, 2.24) is 0 Å². The van der Waals surface area contributed by atoms with E-state index >= 15 is 0 Å². The number of benzene rings is 1. The van der Waals surface area contributed by atoms with Gasteiger partial charge in [0.2, 0.25) is 0 Å². The molecule has 0 aliphatic heterocycles. The Balaban J connectivity index is 0. The first kappa shape index (κ1) is 15.7. The van der Waals surface area contributed by atoms with Crippen LogP contribution in [0, 0.1) is 6.92 Å². The van der Waals surface area contributed by atoms with Gasteiger partial charge in [-0.1, -0.05) is 17.7 Å². The van der Waals surface area contributed by atoms with Crippen molar-refractivity contribution in [2.45, 2.75) is 11.8 Å². The predicted molar refractivity (Wildman–Crippen MR) is 46.7 cm³/mol. The summed E-state index contributed by atoms with van der Waals surface area (Å²) in [6, 6.07) is 5.99. The van der Waals surface area contributed by atoms with Crippen molar-refractivity contribution >= 4 is 34.0 Å². The van der Waals surface area contributed by atoms with Gasteiger partial charge in [-0.25, -0.2) is 0 Å². The van der Waals surface area contributed by atoms with E-state index in [1.165, 1.54) is 12.1 Å². The zero-order valence-corrected chi connectivity index (χ0v) is 11.3. The molecule has 0 aliphatic rings. The SMILES string of the molecule is Cc1ccc(S(=O)(=O)O)cc1.[Cl-].[Sn+4]. The number of aryl methyl sites for hydroxylation is 1. The third-order valence-corrected chi connectivity index (χ3v) is 2.19. The van der Waals surface area contributed by atoms with Gasteiger partial charge in [-0.3, -0.25) is 4.55 Å². The summed E-state index contributed by atoms with van der Waals surface area (Å²) in [6.07, 6.45) is 0. The molecule has 1 rings (SSSR count). The van der Waals surface area contributed by atoms with Gasteiger partial charge in [0.05, 0.1) is 4.90 Å². The molecular weight excluding hydrogens is 318 g/mol. The number of hydrogen-bond donors (Lipinski definition) is 1. The Morgan fingerprint density at radius 1 is 1.15 bits per heavy atom. The summed E-state index contributed by atoms with van der Waals surface area (Å²) in [5, 5.41) is 0. The van der Waals surface area contributed by atoms with Gasteiger partial charge in [-0.15, -0.1) is 0 Å². The van der Waals surface area contributed by atoms with Gasteiger partial charge in [-0.2, -0.15) is 8.42 Å². The number of halogens is 1. The summed E-state index contributed by atoms with van der Waals surface area (Å²) in [5.74, 6) is 0. The second-order valence-corrected chi connectivity index (χ2v) is 3.71. The Morgan fingerprint density at radius 2 is 1.54 bits per heavy atom. The van der Waals surface area contributed by atoms with E-state index in [1.807, 2.05) is 6.92 Å². The van der Waals surface area contributed by atoms with Crippen molar-refractivity contribution in [2.75, 3.05) is 0 Å². The van der Waals surface area contributed by atoms with E-state index < -0.39 is 10.1 Å². The van der Waals surface area contributed by atoms with Gasteiger partial charge in [0.25, 0.3) is 10.1 Å². The zero-order valence-electron chi connectivity index (χ0n) is 6.86. The van der Waals surface area contributed by atoms with Crippen LogP contribution in [0.4, 0.5) is 0 Å². The first-order valence-corrected chi connectivity index (χ1v) is 4.48. The summed E-state index contributed by atoms with van der Waals surface area (Å²) in [7, 11) is -4.02. The minimum Gasteiger partial charge on any atom is -1.00 e. The molecule has 0 saturated heterocycles. The molecule has 0 saturated carbocycles. The molecular formula is C7H8ClO3SSn+3. The van der Waals surface area contributed by atoms with Crippen molar-refractivity contribution < 1.29 is 25.4 Å². The average molecular weight is 326 g/mol. The monoisotopic (exact) mass is 327 g/mol. The van der Waals surface area contributed by atoms with Gasteiger partial charge in [0.1, 0.15) is 0 Å². The van der Waals surface area contributed by atoms with E-state index in [9.17, 15) is 8.42 Å². The van der Waals surface area contributed by atoms with Gasteiger partial charge in [0, 0.05) is 0 Å². The van der Waals surface area contributed by atoms with E-state index in [0.717, 1.165) is 5.56 Å². The molecule has 0 atom stereocenters. The molecule has 3 nitrogen and oxygen atoms in total. The summed E-state index contributed by atoms with van der Waals surface area (Å²) in [6.45, 7) is 1.84. The van der Waals surface area contributed by atoms with Gasteiger partial charge >= 0.3 is 23.9 Å². The first-order chi connectivity index (χ1) is 5.00. The number of rotatable bonds is 1. The third kappa shape index (κ3) is 4.85. The Morgan fingerprint density at radius 3 is 1.85 bits per heavy atom. The summed E-state index contributed by atoms with van der Waals surface area (Å²) in [5.41, 5.74) is 0.956. The molecule has 1 aromatic carbocycles. The van der Waals surface area contributed by atoms with Crippen molar-refractivity contribution in [3.8, 4) is 0 Å². The standard InChI is InChI=1S/C7H8O3S.ClH.Sn/c1-6-2-4-7(5-3-6)11(8,9)10;;/h2-5H,1H3,(H,8,9,10);1H;/q;;+4/p-1. The minimum absolute atomic E-state index is 0. The molecule has 0 bridgehead atoms. The molecule has 68 valence electrons. The molecule has 1 N–H and O–H groups in total. The van der Waals surface area contributed by atoms with Crippen molar-refractivity contribution in [3.63, 3.8) is 0 Å². The fraction of sp³-hybridized carbons (Fsp3) is 0.143. The smallest absolute Gasteiger partial charge is 1.00 e. The second kappa shape index (κ2) is 5.85. The summed E-state index contributed by atoms with van der Waals surface area (Å²) < 4.78 is 29.6. The molecule has 0 radical (unpaired) electrons. The van der Waals surface area contributed by atoms with E-state index in [0.29, 0.717) is 0 Å². The Bertz CT molecular complexity index is 347. The molecule has 0 aliphatic carbocycles. The second-order valence-electron chi connectivity index (χ2n) is 2.29. The van der Waals surface area contributed by atoms with Crippen LogP contribution < -0.4 is 12.4 Å². The summed E-state index contributed by atoms with van der Waals surface area (Å²) >= 11 is 0. The Hall–Kier alpha value is 0.219. The van der Waals surface area contributed by atoms with Crippen LogP contribution in [0.1, 0.15) is 5.56 Å². The van der Waals surface area contributed by atoms with Gasteiger partial charge < -0.3 is 12.4 Å². The van der Waals surface area contributed by atoms with Crippen molar-refractivity contribution in [2.24, 2.45) is 0 Å². The van der Waals surface area contributed by atoms with E-state index in [-0.39, 0.29) is 41.2 Å².